The van der Waals surface area contributed by atoms with Gasteiger partial charge in [-0.2, -0.15) is 9.78 Å². The molecule has 35 heavy (non-hydrogen) atoms. The highest BCUT2D eigenvalue weighted by Gasteiger charge is 2.29. The minimum Gasteiger partial charge on any atom is -0.335 e. The molecule has 5 rings (SSSR count). The molecule has 0 saturated carbocycles. The molecule has 7 heteroatoms. The molecule has 0 spiro atoms. The zero-order valence-corrected chi connectivity index (χ0v) is 19.1. The van der Waals surface area contributed by atoms with Crippen molar-refractivity contribution in [3.8, 4) is 5.69 Å². The smallest absolute Gasteiger partial charge is 0.274 e. The lowest BCUT2D eigenvalue weighted by atomic mass is 9.96. The standard InChI is InChI=1S/C28H25FN4O2/c29-23-11-13-24(14-12-23)33-26(34)16-15-25(30-33)28(35)32-19-17-31(18-20-32)27(21-7-3-1-4-8-21)22-9-5-2-6-10-22/h1-16,27H,17-20H2. The van der Waals surface area contributed by atoms with Gasteiger partial charge in [-0.15, -0.1) is 0 Å². The molecule has 1 saturated heterocycles. The number of hydrogen-bond donors (Lipinski definition) is 0. The van der Waals surface area contributed by atoms with Gasteiger partial charge < -0.3 is 4.90 Å². The van der Waals surface area contributed by atoms with E-state index >= 15 is 0 Å². The summed E-state index contributed by atoms with van der Waals surface area (Å²) < 4.78 is 14.4. The number of carbonyl (C=O) groups is 1. The van der Waals surface area contributed by atoms with E-state index in [1.165, 1.54) is 47.5 Å². The number of halogens is 1. The number of rotatable bonds is 5. The summed E-state index contributed by atoms with van der Waals surface area (Å²) in [7, 11) is 0. The Hall–Kier alpha value is -4.10. The summed E-state index contributed by atoms with van der Waals surface area (Å²) in [6.07, 6.45) is 0. The quantitative estimate of drug-likeness (QED) is 0.446. The maximum atomic E-state index is 13.3. The summed E-state index contributed by atoms with van der Waals surface area (Å²) >= 11 is 0. The molecule has 0 N–H and O–H groups in total. The predicted molar refractivity (Wildman–Crippen MR) is 132 cm³/mol. The van der Waals surface area contributed by atoms with Gasteiger partial charge in [0.25, 0.3) is 11.5 Å². The van der Waals surface area contributed by atoms with Gasteiger partial charge >= 0.3 is 0 Å². The van der Waals surface area contributed by atoms with Gasteiger partial charge in [-0.3, -0.25) is 14.5 Å². The normalized spacial score (nSPS) is 14.3. The highest BCUT2D eigenvalue weighted by Crippen LogP contribution is 2.29. The van der Waals surface area contributed by atoms with Gasteiger partial charge in [0.2, 0.25) is 0 Å². The van der Waals surface area contributed by atoms with Crippen molar-refractivity contribution in [3.63, 3.8) is 0 Å². The second-order valence-electron chi connectivity index (χ2n) is 8.50. The largest absolute Gasteiger partial charge is 0.335 e. The number of carbonyl (C=O) groups excluding carboxylic acids is 1. The van der Waals surface area contributed by atoms with Crippen LogP contribution >= 0.6 is 0 Å². The molecule has 176 valence electrons. The van der Waals surface area contributed by atoms with Gasteiger partial charge in [-0.1, -0.05) is 60.7 Å². The third-order valence-corrected chi connectivity index (χ3v) is 6.29. The second kappa shape index (κ2) is 10.0. The van der Waals surface area contributed by atoms with Crippen molar-refractivity contribution in [2.75, 3.05) is 26.2 Å². The van der Waals surface area contributed by atoms with E-state index in [1.807, 2.05) is 36.4 Å². The lowest BCUT2D eigenvalue weighted by Gasteiger charge is -2.39. The van der Waals surface area contributed by atoms with E-state index in [2.05, 4.69) is 34.3 Å². The summed E-state index contributed by atoms with van der Waals surface area (Å²) in [5.41, 5.74) is 2.64. The van der Waals surface area contributed by atoms with Crippen molar-refractivity contribution in [2.45, 2.75) is 6.04 Å². The molecule has 1 amide bonds. The Labute approximate surface area is 202 Å². The Bertz CT molecular complexity index is 1310. The van der Waals surface area contributed by atoms with E-state index in [4.69, 9.17) is 0 Å². The third-order valence-electron chi connectivity index (χ3n) is 6.29. The van der Waals surface area contributed by atoms with Crippen LogP contribution in [-0.2, 0) is 0 Å². The van der Waals surface area contributed by atoms with Crippen LogP contribution in [0.5, 0.6) is 0 Å². The molecule has 6 nitrogen and oxygen atoms in total. The lowest BCUT2D eigenvalue weighted by molar-refractivity contribution is 0.0590. The Morgan fingerprint density at radius 1 is 0.743 bits per heavy atom. The van der Waals surface area contributed by atoms with Crippen molar-refractivity contribution in [1.29, 1.82) is 0 Å². The first-order chi connectivity index (χ1) is 17.1. The minimum absolute atomic E-state index is 0.105. The number of piperazine rings is 1. The maximum Gasteiger partial charge on any atom is 0.274 e. The molecule has 0 unspecified atom stereocenters. The van der Waals surface area contributed by atoms with Crippen LogP contribution in [0.25, 0.3) is 5.69 Å². The number of nitrogens with zero attached hydrogens (tertiary/aromatic N) is 4. The molecule has 0 bridgehead atoms. The van der Waals surface area contributed by atoms with E-state index in [-0.39, 0.29) is 23.2 Å². The predicted octanol–water partition coefficient (Wildman–Crippen LogP) is 3.92. The van der Waals surface area contributed by atoms with Gasteiger partial charge in [0.15, 0.2) is 0 Å². The molecule has 1 aliphatic heterocycles. The van der Waals surface area contributed by atoms with E-state index in [0.29, 0.717) is 31.9 Å². The number of aromatic nitrogens is 2. The first kappa shape index (κ1) is 22.7. The van der Waals surface area contributed by atoms with Gasteiger partial charge in [-0.25, -0.2) is 4.39 Å². The molecule has 2 heterocycles. The van der Waals surface area contributed by atoms with Crippen molar-refractivity contribution in [1.82, 2.24) is 19.6 Å². The Morgan fingerprint density at radius 2 is 1.31 bits per heavy atom. The Kier molecular flexibility index (Phi) is 6.50. The Balaban J connectivity index is 1.34. The van der Waals surface area contributed by atoms with Crippen molar-refractivity contribution in [3.05, 3.63) is 130 Å². The molecule has 1 fully saturated rings. The van der Waals surface area contributed by atoms with Gasteiger partial charge in [0, 0.05) is 32.2 Å². The van der Waals surface area contributed by atoms with E-state index < -0.39 is 5.82 Å². The summed E-state index contributed by atoms with van der Waals surface area (Å²) in [6, 6.07) is 29.1. The van der Waals surface area contributed by atoms with Gasteiger partial charge in [0.05, 0.1) is 11.7 Å². The molecule has 0 radical (unpaired) electrons. The van der Waals surface area contributed by atoms with E-state index in [0.717, 1.165) is 4.68 Å². The Morgan fingerprint density at radius 3 is 1.89 bits per heavy atom. The summed E-state index contributed by atoms with van der Waals surface area (Å²) in [6.45, 7) is 2.51. The van der Waals surface area contributed by atoms with Crippen LogP contribution in [-0.4, -0.2) is 51.7 Å². The van der Waals surface area contributed by atoms with Crippen LogP contribution in [0.1, 0.15) is 27.7 Å². The van der Waals surface area contributed by atoms with E-state index in [9.17, 15) is 14.0 Å². The SMILES string of the molecule is O=C(c1ccc(=O)n(-c2ccc(F)cc2)n1)N1CCN(C(c2ccccc2)c2ccccc2)CC1. The molecule has 1 aromatic heterocycles. The summed E-state index contributed by atoms with van der Waals surface area (Å²) in [5, 5.41) is 4.27. The molecule has 0 atom stereocenters. The van der Waals surface area contributed by atoms with Crippen LogP contribution in [0.15, 0.2) is 102 Å². The topological polar surface area (TPSA) is 58.4 Å². The number of hydrogen-bond acceptors (Lipinski definition) is 4. The zero-order valence-electron chi connectivity index (χ0n) is 19.1. The lowest BCUT2D eigenvalue weighted by Crippen LogP contribution is -2.50. The summed E-state index contributed by atoms with van der Waals surface area (Å²) in [4.78, 5) is 29.7. The van der Waals surface area contributed by atoms with Crippen molar-refractivity contribution in [2.24, 2.45) is 0 Å². The van der Waals surface area contributed by atoms with E-state index in [1.54, 1.807) is 4.90 Å². The number of amides is 1. The van der Waals surface area contributed by atoms with Crippen LogP contribution in [0, 0.1) is 5.82 Å². The van der Waals surface area contributed by atoms with Crippen molar-refractivity contribution >= 4 is 5.91 Å². The average molecular weight is 469 g/mol. The summed E-state index contributed by atoms with van der Waals surface area (Å²) in [5.74, 6) is -0.632. The van der Waals surface area contributed by atoms with Crippen LogP contribution in [0.4, 0.5) is 4.39 Å². The maximum absolute atomic E-state index is 13.3. The second-order valence-corrected chi connectivity index (χ2v) is 8.50. The highest BCUT2D eigenvalue weighted by atomic mass is 19.1. The molecule has 0 aliphatic carbocycles. The molecule has 3 aromatic carbocycles. The van der Waals surface area contributed by atoms with Crippen LogP contribution in [0.2, 0.25) is 0 Å². The molecule has 4 aromatic rings. The highest BCUT2D eigenvalue weighted by molar-refractivity contribution is 5.92. The molecular formula is C28H25FN4O2. The fourth-order valence-electron chi connectivity index (χ4n) is 4.52. The fraction of sp³-hybridized carbons (Fsp3) is 0.179. The van der Waals surface area contributed by atoms with Crippen molar-refractivity contribution < 1.29 is 9.18 Å². The average Bonchev–Trinajstić information content (AvgIpc) is 2.91. The van der Waals surface area contributed by atoms with Gasteiger partial charge in [-0.05, 0) is 41.5 Å². The molecular weight excluding hydrogens is 443 g/mol. The minimum atomic E-state index is -0.406. The third kappa shape index (κ3) is 4.90. The first-order valence-electron chi connectivity index (χ1n) is 11.6. The van der Waals surface area contributed by atoms with Gasteiger partial charge in [0.1, 0.15) is 11.5 Å². The van der Waals surface area contributed by atoms with Crippen LogP contribution < -0.4 is 5.56 Å². The monoisotopic (exact) mass is 468 g/mol. The number of benzene rings is 3. The fourth-order valence-corrected chi connectivity index (χ4v) is 4.52. The first-order valence-corrected chi connectivity index (χ1v) is 11.6. The molecule has 1 aliphatic rings. The van der Waals surface area contributed by atoms with Crippen LogP contribution in [0.3, 0.4) is 0 Å². The zero-order chi connectivity index (χ0) is 24.2.